The van der Waals surface area contributed by atoms with E-state index in [1.807, 2.05) is 6.92 Å². The van der Waals surface area contributed by atoms with E-state index in [0.717, 1.165) is 6.42 Å². The first-order valence-corrected chi connectivity index (χ1v) is 12.8. The van der Waals surface area contributed by atoms with Crippen LogP contribution >= 0.6 is 12.0 Å². The van der Waals surface area contributed by atoms with E-state index in [0.29, 0.717) is 31.3 Å². The fourth-order valence-electron chi connectivity index (χ4n) is 4.29. The monoisotopic (exact) mass is 632 g/mol. The molecule has 230 valence electrons. The molecule has 0 saturated carbocycles. The van der Waals surface area contributed by atoms with Gasteiger partial charge in [0, 0.05) is 11.8 Å². The first-order valence-electron chi connectivity index (χ1n) is 12.1. The largest absolute Gasteiger partial charge is 1.00 e. The molecule has 1 aliphatic rings. The molecule has 0 radical (unpaired) electrons. The molecule has 7 nitrogen and oxygen atoms in total. The smallest absolute Gasteiger partial charge is 0.691 e. The second-order valence-corrected chi connectivity index (χ2v) is 10.3. The van der Waals surface area contributed by atoms with Crippen LogP contribution < -0.4 is 34.8 Å². The van der Waals surface area contributed by atoms with Crippen molar-refractivity contribution >= 4 is 24.0 Å². The molecule has 0 amide bonds. The Morgan fingerprint density at radius 2 is 1.57 bits per heavy atom. The maximum Gasteiger partial charge on any atom is 1.00 e. The van der Waals surface area contributed by atoms with Crippen LogP contribution in [0, 0.1) is 5.41 Å². The Bertz CT molecular complexity index is 820. The number of alkyl halides is 9. The van der Waals surface area contributed by atoms with Crippen LogP contribution in [0.1, 0.15) is 78.1 Å². The Kier molecular flexibility index (Phi) is 15.7. The fraction of sp³-hybridized carbons (Fsp3) is 0.909. The molecule has 18 heteroatoms. The van der Waals surface area contributed by atoms with Gasteiger partial charge in [-0.3, -0.25) is 14.6 Å². The Balaban J connectivity index is 0.0000152. The Morgan fingerprint density at radius 1 is 0.975 bits per heavy atom. The molecule has 1 heterocycles. The third-order valence-corrected chi connectivity index (χ3v) is 7.96. The standard InChI is InChI=1S/C22H31F9O7S.Na/c1-3-5-10-17(4-2)14-36-15(32)13-18(17,39-38-37-34)16(33)35-12-9-7-6-8-11-19(23,24)20(25,26)21(27,28)22(29,30)31;/h34H,3-14H2,1-2H3;/q;+1/p-1. The number of hydrogen-bond donors (Lipinski definition) is 0. The number of esters is 2. The summed E-state index contributed by atoms with van der Waals surface area (Å²) in [6.45, 7) is 3.11. The number of ether oxygens (including phenoxy) is 2. The molecule has 1 fully saturated rings. The molecule has 40 heavy (non-hydrogen) atoms. The maximum absolute atomic E-state index is 13.6. The zero-order valence-corrected chi connectivity index (χ0v) is 25.0. The molecule has 0 aromatic carbocycles. The summed E-state index contributed by atoms with van der Waals surface area (Å²) in [7, 11) is 0. The summed E-state index contributed by atoms with van der Waals surface area (Å²) in [6, 6.07) is 0. The molecule has 0 aromatic rings. The van der Waals surface area contributed by atoms with Crippen molar-refractivity contribution in [3.8, 4) is 0 Å². The summed E-state index contributed by atoms with van der Waals surface area (Å²) in [4.78, 5) is 25.3. The summed E-state index contributed by atoms with van der Waals surface area (Å²) in [5.74, 6) is -20.9. The van der Waals surface area contributed by atoms with Crippen LogP contribution in [0.15, 0.2) is 0 Å². The molecule has 1 rings (SSSR count). The van der Waals surface area contributed by atoms with Gasteiger partial charge in [-0.1, -0.05) is 39.5 Å². The number of rotatable bonds is 17. The van der Waals surface area contributed by atoms with Crippen molar-refractivity contribution in [2.45, 2.75) is 107 Å². The van der Waals surface area contributed by atoms with Crippen molar-refractivity contribution in [2.75, 3.05) is 13.2 Å². The van der Waals surface area contributed by atoms with Gasteiger partial charge in [0.2, 0.25) is 0 Å². The van der Waals surface area contributed by atoms with Gasteiger partial charge in [0.05, 0.1) is 31.7 Å². The number of hydrogen-bond acceptors (Lipinski definition) is 8. The van der Waals surface area contributed by atoms with Crippen molar-refractivity contribution < 1.29 is 103 Å². The normalized spacial score (nSPS) is 22.4. The van der Waals surface area contributed by atoms with Gasteiger partial charge in [-0.2, -0.15) is 43.8 Å². The van der Waals surface area contributed by atoms with E-state index < -0.39 is 65.3 Å². The summed E-state index contributed by atoms with van der Waals surface area (Å²) < 4.78 is 129. The van der Waals surface area contributed by atoms with Crippen molar-refractivity contribution in [3.05, 3.63) is 0 Å². The molecule has 2 unspecified atom stereocenters. The van der Waals surface area contributed by atoms with E-state index in [-0.39, 0.29) is 62.0 Å². The fourth-order valence-corrected chi connectivity index (χ4v) is 5.22. The van der Waals surface area contributed by atoms with Crippen LogP contribution in [0.3, 0.4) is 0 Å². The first-order chi connectivity index (χ1) is 17.9. The second kappa shape index (κ2) is 15.8. The molecule has 0 aromatic heterocycles. The van der Waals surface area contributed by atoms with E-state index >= 15 is 0 Å². The van der Waals surface area contributed by atoms with Crippen LogP contribution in [-0.4, -0.2) is 53.8 Å². The van der Waals surface area contributed by atoms with Gasteiger partial charge in [-0.05, 0) is 25.7 Å². The summed E-state index contributed by atoms with van der Waals surface area (Å²) in [5.41, 5.74) is -0.994. The van der Waals surface area contributed by atoms with E-state index in [1.165, 1.54) is 0 Å². The minimum Gasteiger partial charge on any atom is -0.691 e. The minimum absolute atomic E-state index is 0. The van der Waals surface area contributed by atoms with Gasteiger partial charge in [-0.25, -0.2) is 0 Å². The van der Waals surface area contributed by atoms with Crippen molar-refractivity contribution in [1.29, 1.82) is 0 Å². The molecule has 1 saturated heterocycles. The average Bonchev–Trinajstić information content (AvgIpc) is 2.85. The van der Waals surface area contributed by atoms with Gasteiger partial charge in [0.15, 0.2) is 4.75 Å². The Hall–Kier alpha value is -0.460. The molecule has 0 spiro atoms. The SMILES string of the molecule is CCCCC1(CC)COC(=O)CC1(SOO[O-])C(=O)OCCCCCCC(F)(F)C(F)(F)C(F)(F)C(F)(F)F.[Na+]. The van der Waals surface area contributed by atoms with Crippen LogP contribution in [0.2, 0.25) is 0 Å². The minimum atomic E-state index is -6.93. The molecule has 0 bridgehead atoms. The molecular weight excluding hydrogens is 602 g/mol. The quantitative estimate of drug-likeness (QED) is 0.0460. The molecular formula is C22H30F9NaO7S. The average molecular weight is 633 g/mol. The van der Waals surface area contributed by atoms with E-state index in [2.05, 4.69) is 9.37 Å². The van der Waals surface area contributed by atoms with Crippen molar-refractivity contribution in [2.24, 2.45) is 5.41 Å². The molecule has 2 atom stereocenters. The van der Waals surface area contributed by atoms with Crippen LogP contribution in [0.25, 0.3) is 0 Å². The number of carbonyl (C=O) groups excluding carboxylic acids is 2. The topological polar surface area (TPSA) is 94.1 Å². The van der Waals surface area contributed by atoms with Gasteiger partial charge < -0.3 is 14.7 Å². The zero-order chi connectivity index (χ0) is 30.2. The number of halogens is 9. The number of carbonyl (C=O) groups is 2. The number of cyclic esters (lactones) is 1. The van der Waals surface area contributed by atoms with Gasteiger partial charge in [-0.15, -0.1) is 0 Å². The van der Waals surface area contributed by atoms with E-state index in [9.17, 15) is 54.4 Å². The van der Waals surface area contributed by atoms with Crippen LogP contribution in [0.4, 0.5) is 39.5 Å². The summed E-state index contributed by atoms with van der Waals surface area (Å²) >= 11 is 0.313. The summed E-state index contributed by atoms with van der Waals surface area (Å²) in [5, 5.41) is 13.9. The third kappa shape index (κ3) is 8.56. The van der Waals surface area contributed by atoms with Crippen molar-refractivity contribution in [1.82, 2.24) is 0 Å². The second-order valence-electron chi connectivity index (χ2n) is 9.27. The molecule has 0 aliphatic carbocycles. The Labute approximate surface area is 251 Å². The molecule has 1 aliphatic heterocycles. The summed E-state index contributed by atoms with van der Waals surface area (Å²) in [6.07, 6.45) is -8.42. The first kappa shape index (κ1) is 39.5. The predicted molar refractivity (Wildman–Crippen MR) is 115 cm³/mol. The van der Waals surface area contributed by atoms with Gasteiger partial charge in [0.25, 0.3) is 0 Å². The van der Waals surface area contributed by atoms with Crippen molar-refractivity contribution in [3.63, 3.8) is 0 Å². The van der Waals surface area contributed by atoms with Gasteiger partial charge in [0.1, 0.15) is 0 Å². The van der Waals surface area contributed by atoms with Gasteiger partial charge >= 0.3 is 65.4 Å². The van der Waals surface area contributed by atoms with E-state index in [1.54, 1.807) is 6.92 Å². The molecule has 0 N–H and O–H groups in total. The van der Waals surface area contributed by atoms with E-state index in [4.69, 9.17) is 9.47 Å². The predicted octanol–water partition coefficient (Wildman–Crippen LogP) is 3.10. The van der Waals surface area contributed by atoms with Crippen LogP contribution in [0.5, 0.6) is 0 Å². The zero-order valence-electron chi connectivity index (χ0n) is 22.2. The third-order valence-electron chi connectivity index (χ3n) is 6.81. The number of unbranched alkanes of at least 4 members (excludes halogenated alkanes) is 4. The van der Waals surface area contributed by atoms with Crippen LogP contribution in [-0.2, 0) is 28.4 Å². The Morgan fingerprint density at radius 3 is 2.10 bits per heavy atom. The maximum atomic E-state index is 13.6.